The smallest absolute Gasteiger partial charge is 0.335 e. The number of rotatable bonds is 4. The number of imide groups is 2. The first-order chi connectivity index (χ1) is 15.3. The second kappa shape index (κ2) is 8.76. The number of nitrogens with zero attached hydrogens (tertiary/aromatic N) is 1. The maximum Gasteiger partial charge on any atom is 0.335 e. The van der Waals surface area contributed by atoms with Crippen LogP contribution in [0.15, 0.2) is 76.8 Å². The SMILES string of the molecule is O=C1NC(=O)N(c2ccc(O)cc2)C(=O)/C1=C/c1cc(Br)ccc1Cc1cccc(F)c1. The fourth-order valence-corrected chi connectivity index (χ4v) is 3.76. The number of carbonyl (C=O) groups excluding carboxylic acids is 3. The van der Waals surface area contributed by atoms with Crippen LogP contribution in [0.3, 0.4) is 0 Å². The molecular weight excluding hydrogens is 479 g/mol. The molecule has 0 saturated carbocycles. The summed E-state index contributed by atoms with van der Waals surface area (Å²) in [5.74, 6) is -1.99. The normalized spacial score (nSPS) is 15.2. The average molecular weight is 495 g/mol. The quantitative estimate of drug-likeness (QED) is 0.411. The van der Waals surface area contributed by atoms with Gasteiger partial charge in [0.2, 0.25) is 0 Å². The highest BCUT2D eigenvalue weighted by Gasteiger charge is 2.36. The first-order valence-corrected chi connectivity index (χ1v) is 10.3. The summed E-state index contributed by atoms with van der Waals surface area (Å²) < 4.78 is 14.3. The van der Waals surface area contributed by atoms with E-state index >= 15 is 0 Å². The monoisotopic (exact) mass is 494 g/mol. The van der Waals surface area contributed by atoms with Gasteiger partial charge in [0.05, 0.1) is 5.69 Å². The Kier molecular flexibility index (Phi) is 5.87. The van der Waals surface area contributed by atoms with Crippen LogP contribution in [0.4, 0.5) is 14.9 Å². The highest BCUT2D eigenvalue weighted by molar-refractivity contribution is 9.10. The van der Waals surface area contributed by atoms with E-state index in [0.29, 0.717) is 12.0 Å². The Morgan fingerprint density at radius 2 is 1.75 bits per heavy atom. The Bertz CT molecular complexity index is 1270. The van der Waals surface area contributed by atoms with Crippen molar-refractivity contribution in [3.8, 4) is 5.75 Å². The van der Waals surface area contributed by atoms with Crippen molar-refractivity contribution >= 4 is 45.5 Å². The lowest BCUT2D eigenvalue weighted by atomic mass is 9.97. The van der Waals surface area contributed by atoms with Gasteiger partial charge in [0.25, 0.3) is 11.8 Å². The lowest BCUT2D eigenvalue weighted by molar-refractivity contribution is -0.122. The average Bonchev–Trinajstić information content (AvgIpc) is 2.74. The molecule has 3 aromatic carbocycles. The van der Waals surface area contributed by atoms with Crippen LogP contribution >= 0.6 is 15.9 Å². The highest BCUT2D eigenvalue weighted by atomic mass is 79.9. The first kappa shape index (κ1) is 21.5. The van der Waals surface area contributed by atoms with Gasteiger partial charge in [-0.2, -0.15) is 0 Å². The van der Waals surface area contributed by atoms with Crippen LogP contribution in [-0.4, -0.2) is 23.0 Å². The van der Waals surface area contributed by atoms with E-state index in [4.69, 9.17) is 0 Å². The summed E-state index contributed by atoms with van der Waals surface area (Å²) in [5, 5.41) is 11.6. The molecule has 1 aliphatic rings. The number of urea groups is 1. The summed E-state index contributed by atoms with van der Waals surface area (Å²) in [5.41, 5.74) is 2.05. The third-order valence-corrected chi connectivity index (χ3v) is 5.39. The Morgan fingerprint density at radius 3 is 2.47 bits per heavy atom. The van der Waals surface area contributed by atoms with E-state index in [1.54, 1.807) is 18.2 Å². The third-order valence-electron chi connectivity index (χ3n) is 4.90. The molecule has 4 rings (SSSR count). The number of nitrogens with one attached hydrogen (secondary N) is 1. The number of barbiturate groups is 1. The predicted octanol–water partition coefficient (Wildman–Crippen LogP) is 4.55. The van der Waals surface area contributed by atoms with Crippen LogP contribution in [0.25, 0.3) is 6.08 Å². The van der Waals surface area contributed by atoms with Gasteiger partial charge in [0, 0.05) is 4.47 Å². The largest absolute Gasteiger partial charge is 0.508 e. The molecule has 0 aromatic heterocycles. The van der Waals surface area contributed by atoms with Gasteiger partial charge < -0.3 is 5.11 Å². The highest BCUT2D eigenvalue weighted by Crippen LogP contribution is 2.26. The van der Waals surface area contributed by atoms with Gasteiger partial charge in [-0.15, -0.1) is 0 Å². The molecule has 3 aromatic rings. The van der Waals surface area contributed by atoms with Crippen LogP contribution in [0.1, 0.15) is 16.7 Å². The third kappa shape index (κ3) is 4.45. The molecule has 32 heavy (non-hydrogen) atoms. The number of hydrogen-bond donors (Lipinski definition) is 2. The van der Waals surface area contributed by atoms with Crippen molar-refractivity contribution in [2.75, 3.05) is 4.90 Å². The van der Waals surface area contributed by atoms with E-state index in [9.17, 15) is 23.9 Å². The molecule has 4 amide bonds. The van der Waals surface area contributed by atoms with Crippen molar-refractivity contribution in [3.63, 3.8) is 0 Å². The molecule has 6 nitrogen and oxygen atoms in total. The molecule has 0 radical (unpaired) electrons. The number of halogens is 2. The first-order valence-electron chi connectivity index (χ1n) is 9.55. The number of aromatic hydroxyl groups is 1. The maximum absolute atomic E-state index is 13.6. The Labute approximate surface area is 191 Å². The fraction of sp³-hybridized carbons (Fsp3) is 0.0417. The van der Waals surface area contributed by atoms with Gasteiger partial charge in [-0.3, -0.25) is 14.9 Å². The molecule has 1 saturated heterocycles. The zero-order chi connectivity index (χ0) is 22.8. The van der Waals surface area contributed by atoms with Crippen molar-refractivity contribution in [2.45, 2.75) is 6.42 Å². The molecular formula is C24H16BrFN2O4. The molecule has 1 heterocycles. The summed E-state index contributed by atoms with van der Waals surface area (Å²) in [6.07, 6.45) is 1.79. The molecule has 0 spiro atoms. The topological polar surface area (TPSA) is 86.7 Å². The second-order valence-electron chi connectivity index (χ2n) is 7.12. The summed E-state index contributed by atoms with van der Waals surface area (Å²) in [6.45, 7) is 0. The Balaban J connectivity index is 1.74. The van der Waals surface area contributed by atoms with Crippen molar-refractivity contribution in [1.29, 1.82) is 0 Å². The minimum absolute atomic E-state index is 0.0263. The molecule has 0 unspecified atom stereocenters. The van der Waals surface area contributed by atoms with Gasteiger partial charge in [0.1, 0.15) is 17.1 Å². The Morgan fingerprint density at radius 1 is 1.00 bits per heavy atom. The zero-order valence-electron chi connectivity index (χ0n) is 16.5. The minimum atomic E-state index is -0.878. The van der Waals surface area contributed by atoms with E-state index < -0.39 is 17.8 Å². The number of hydrogen-bond acceptors (Lipinski definition) is 4. The summed E-state index contributed by atoms with van der Waals surface area (Å²) in [7, 11) is 0. The lowest BCUT2D eigenvalue weighted by Crippen LogP contribution is -2.54. The minimum Gasteiger partial charge on any atom is -0.508 e. The second-order valence-corrected chi connectivity index (χ2v) is 8.04. The predicted molar refractivity (Wildman–Crippen MR) is 120 cm³/mol. The fourth-order valence-electron chi connectivity index (χ4n) is 3.38. The van der Waals surface area contributed by atoms with Crippen LogP contribution in [0.5, 0.6) is 5.75 Å². The maximum atomic E-state index is 13.6. The molecule has 0 bridgehead atoms. The van der Waals surface area contributed by atoms with E-state index in [1.807, 2.05) is 12.1 Å². The molecule has 1 fully saturated rings. The number of benzene rings is 3. The summed E-state index contributed by atoms with van der Waals surface area (Å²) in [4.78, 5) is 38.8. The van der Waals surface area contributed by atoms with Crippen molar-refractivity contribution in [1.82, 2.24) is 5.32 Å². The summed E-state index contributed by atoms with van der Waals surface area (Å²) >= 11 is 3.39. The summed E-state index contributed by atoms with van der Waals surface area (Å²) in [6, 6.07) is 16.1. The van der Waals surface area contributed by atoms with E-state index in [0.717, 1.165) is 20.5 Å². The number of amides is 4. The Hall–Kier alpha value is -3.78. The zero-order valence-corrected chi connectivity index (χ0v) is 18.1. The number of carbonyl (C=O) groups is 3. The van der Waals surface area contributed by atoms with Crippen molar-refractivity contribution in [2.24, 2.45) is 0 Å². The standard InChI is InChI=1S/C24H16BrFN2O4/c25-17-5-4-15(10-14-2-1-3-18(26)11-14)16(12-17)13-21-22(30)27-24(32)28(23(21)31)19-6-8-20(29)9-7-19/h1-9,11-13,29H,10H2,(H,27,30,32)/b21-13+. The molecule has 160 valence electrons. The van der Waals surface area contributed by atoms with Gasteiger partial charge in [-0.1, -0.05) is 34.1 Å². The number of phenolic OH excluding ortho intramolecular Hbond substituents is 1. The van der Waals surface area contributed by atoms with E-state index in [2.05, 4.69) is 21.2 Å². The van der Waals surface area contributed by atoms with Crippen LogP contribution in [-0.2, 0) is 16.0 Å². The van der Waals surface area contributed by atoms with Gasteiger partial charge >= 0.3 is 6.03 Å². The van der Waals surface area contributed by atoms with Gasteiger partial charge in [-0.25, -0.2) is 14.1 Å². The molecule has 0 atom stereocenters. The van der Waals surface area contributed by atoms with E-state index in [-0.39, 0.29) is 22.8 Å². The lowest BCUT2D eigenvalue weighted by Gasteiger charge is -2.26. The molecule has 8 heteroatoms. The van der Waals surface area contributed by atoms with Crippen molar-refractivity contribution < 1.29 is 23.9 Å². The molecule has 2 N–H and O–H groups in total. The number of anilines is 1. The number of phenols is 1. The van der Waals surface area contributed by atoms with Gasteiger partial charge in [0.15, 0.2) is 0 Å². The molecule has 1 aliphatic heterocycles. The van der Waals surface area contributed by atoms with E-state index in [1.165, 1.54) is 42.5 Å². The van der Waals surface area contributed by atoms with Crippen LogP contribution in [0.2, 0.25) is 0 Å². The van der Waals surface area contributed by atoms with Crippen molar-refractivity contribution in [3.05, 3.63) is 99.3 Å². The van der Waals surface area contributed by atoms with Crippen LogP contribution in [0, 0.1) is 5.82 Å². The van der Waals surface area contributed by atoms with Crippen LogP contribution < -0.4 is 10.2 Å². The molecule has 0 aliphatic carbocycles. The van der Waals surface area contributed by atoms with Gasteiger partial charge in [-0.05, 0) is 77.7 Å².